The smallest absolute Gasteiger partial charge is 0.227 e. The van der Waals surface area contributed by atoms with Crippen molar-refractivity contribution in [3.63, 3.8) is 0 Å². The third-order valence-corrected chi connectivity index (χ3v) is 3.50. The van der Waals surface area contributed by atoms with Gasteiger partial charge in [-0.15, -0.1) is 0 Å². The van der Waals surface area contributed by atoms with Crippen LogP contribution in [0.1, 0.15) is 18.4 Å². The fraction of sp³-hybridized carbons (Fsp3) is 0.500. The monoisotopic (exact) mass is 250 g/mol. The van der Waals surface area contributed by atoms with E-state index >= 15 is 0 Å². The van der Waals surface area contributed by atoms with Crippen molar-refractivity contribution >= 4 is 5.91 Å². The van der Waals surface area contributed by atoms with Crippen LogP contribution < -0.4 is 5.73 Å². The molecule has 1 amide bonds. The average Bonchev–Trinajstić information content (AvgIpc) is 2.41. The Morgan fingerprint density at radius 2 is 2.22 bits per heavy atom. The van der Waals surface area contributed by atoms with Crippen LogP contribution in [0, 0.1) is 11.7 Å². The molecule has 2 N–H and O–H groups in total. The lowest BCUT2D eigenvalue weighted by molar-refractivity contribution is -0.132. The second-order valence-electron chi connectivity index (χ2n) is 4.85. The van der Waals surface area contributed by atoms with Crippen LogP contribution in [-0.4, -0.2) is 30.4 Å². The summed E-state index contributed by atoms with van der Waals surface area (Å²) in [7, 11) is 0. The third kappa shape index (κ3) is 3.07. The molecule has 0 bridgehead atoms. The van der Waals surface area contributed by atoms with Crippen LogP contribution in [0.5, 0.6) is 0 Å². The summed E-state index contributed by atoms with van der Waals surface area (Å²) < 4.78 is 13.5. The molecule has 18 heavy (non-hydrogen) atoms. The van der Waals surface area contributed by atoms with Crippen LogP contribution in [-0.2, 0) is 11.2 Å². The van der Waals surface area contributed by atoms with E-state index in [4.69, 9.17) is 5.73 Å². The quantitative estimate of drug-likeness (QED) is 0.885. The second-order valence-corrected chi connectivity index (χ2v) is 4.85. The second kappa shape index (κ2) is 5.96. The molecular weight excluding hydrogens is 231 g/mol. The van der Waals surface area contributed by atoms with E-state index in [9.17, 15) is 9.18 Å². The Kier molecular flexibility index (Phi) is 4.31. The number of benzene rings is 1. The van der Waals surface area contributed by atoms with Crippen molar-refractivity contribution in [2.24, 2.45) is 11.7 Å². The van der Waals surface area contributed by atoms with Gasteiger partial charge >= 0.3 is 0 Å². The zero-order valence-corrected chi connectivity index (χ0v) is 10.4. The summed E-state index contributed by atoms with van der Waals surface area (Å²) >= 11 is 0. The van der Waals surface area contributed by atoms with E-state index in [0.717, 1.165) is 19.4 Å². The van der Waals surface area contributed by atoms with Crippen LogP contribution in [0.4, 0.5) is 4.39 Å². The van der Waals surface area contributed by atoms with Crippen LogP contribution >= 0.6 is 0 Å². The number of nitrogens with two attached hydrogens (primary N) is 1. The van der Waals surface area contributed by atoms with Gasteiger partial charge in [0.05, 0.1) is 6.42 Å². The molecule has 0 saturated carbocycles. The molecule has 1 aliphatic heterocycles. The van der Waals surface area contributed by atoms with Crippen LogP contribution in [0.25, 0.3) is 0 Å². The third-order valence-electron chi connectivity index (χ3n) is 3.50. The summed E-state index contributed by atoms with van der Waals surface area (Å²) in [6.45, 7) is 2.09. The number of rotatable bonds is 3. The van der Waals surface area contributed by atoms with Gasteiger partial charge < -0.3 is 10.6 Å². The summed E-state index contributed by atoms with van der Waals surface area (Å²) in [6.07, 6.45) is 2.22. The molecule has 1 fully saturated rings. The van der Waals surface area contributed by atoms with E-state index in [0.29, 0.717) is 24.6 Å². The average molecular weight is 250 g/mol. The van der Waals surface area contributed by atoms with Crippen molar-refractivity contribution in [1.82, 2.24) is 4.90 Å². The van der Waals surface area contributed by atoms with Gasteiger partial charge in [-0.05, 0) is 36.9 Å². The first kappa shape index (κ1) is 13.0. The largest absolute Gasteiger partial charge is 0.342 e. The van der Waals surface area contributed by atoms with Crippen molar-refractivity contribution in [3.8, 4) is 0 Å². The Morgan fingerprint density at radius 1 is 1.44 bits per heavy atom. The minimum Gasteiger partial charge on any atom is -0.342 e. The summed E-state index contributed by atoms with van der Waals surface area (Å²) in [5, 5.41) is 0. The first-order valence-electron chi connectivity index (χ1n) is 6.42. The topological polar surface area (TPSA) is 46.3 Å². The number of carbonyl (C=O) groups excluding carboxylic acids is 1. The number of nitrogens with zero attached hydrogens (tertiary/aromatic N) is 1. The normalized spacial score (nSPS) is 19.9. The molecule has 1 atom stereocenters. The van der Waals surface area contributed by atoms with E-state index in [-0.39, 0.29) is 18.1 Å². The van der Waals surface area contributed by atoms with Gasteiger partial charge in [0.2, 0.25) is 5.91 Å². The molecule has 1 heterocycles. The standard InChI is InChI=1S/C14H19FN2O/c15-13-6-2-1-5-12(13)8-14(18)17-7-3-4-11(9-16)10-17/h1-2,5-6,11H,3-4,7-10,16H2. The number of likely N-dealkylation sites (tertiary alicyclic amines) is 1. The Labute approximate surface area is 107 Å². The van der Waals surface area contributed by atoms with Crippen LogP contribution in [0.3, 0.4) is 0 Å². The Balaban J connectivity index is 1.97. The van der Waals surface area contributed by atoms with E-state index in [1.54, 1.807) is 18.2 Å². The molecule has 2 rings (SSSR count). The van der Waals surface area contributed by atoms with Crippen molar-refractivity contribution in [1.29, 1.82) is 0 Å². The number of amides is 1. The molecule has 4 heteroatoms. The number of piperidine rings is 1. The van der Waals surface area contributed by atoms with Gasteiger partial charge in [-0.1, -0.05) is 18.2 Å². The maximum absolute atomic E-state index is 13.5. The van der Waals surface area contributed by atoms with Crippen molar-refractivity contribution in [3.05, 3.63) is 35.6 Å². The zero-order valence-electron chi connectivity index (χ0n) is 10.4. The SMILES string of the molecule is NCC1CCCN(C(=O)Cc2ccccc2F)C1. The maximum Gasteiger partial charge on any atom is 0.227 e. The van der Waals surface area contributed by atoms with Crippen LogP contribution in [0.15, 0.2) is 24.3 Å². The lowest BCUT2D eigenvalue weighted by atomic mass is 9.97. The van der Waals surface area contributed by atoms with Gasteiger partial charge in [0.1, 0.15) is 5.82 Å². The first-order valence-corrected chi connectivity index (χ1v) is 6.42. The van der Waals surface area contributed by atoms with Gasteiger partial charge in [0, 0.05) is 13.1 Å². The lowest BCUT2D eigenvalue weighted by Crippen LogP contribution is -2.42. The van der Waals surface area contributed by atoms with E-state index in [2.05, 4.69) is 0 Å². The Morgan fingerprint density at radius 3 is 2.94 bits per heavy atom. The summed E-state index contributed by atoms with van der Waals surface area (Å²) in [5.74, 6) is 0.0832. The minimum atomic E-state index is -0.307. The predicted octanol–water partition coefficient (Wildman–Crippen LogP) is 1.57. The van der Waals surface area contributed by atoms with Crippen molar-refractivity contribution < 1.29 is 9.18 Å². The molecule has 1 aliphatic rings. The molecular formula is C14H19FN2O. The Hall–Kier alpha value is -1.42. The first-order chi connectivity index (χ1) is 8.70. The number of halogens is 1. The molecule has 98 valence electrons. The van der Waals surface area contributed by atoms with E-state index in [1.807, 2.05) is 4.90 Å². The van der Waals surface area contributed by atoms with Gasteiger partial charge in [-0.2, -0.15) is 0 Å². The molecule has 3 nitrogen and oxygen atoms in total. The molecule has 0 radical (unpaired) electrons. The molecule has 0 aliphatic carbocycles. The minimum absolute atomic E-state index is 0.00162. The van der Waals surface area contributed by atoms with E-state index in [1.165, 1.54) is 6.07 Å². The maximum atomic E-state index is 13.5. The van der Waals surface area contributed by atoms with Gasteiger partial charge in [-0.25, -0.2) is 4.39 Å². The molecule has 1 saturated heterocycles. The molecule has 0 aromatic heterocycles. The fourth-order valence-corrected chi connectivity index (χ4v) is 2.40. The summed E-state index contributed by atoms with van der Waals surface area (Å²) in [4.78, 5) is 13.9. The van der Waals surface area contributed by atoms with E-state index < -0.39 is 0 Å². The molecule has 0 spiro atoms. The highest BCUT2D eigenvalue weighted by atomic mass is 19.1. The summed E-state index contributed by atoms with van der Waals surface area (Å²) in [5.41, 5.74) is 6.11. The highest BCUT2D eigenvalue weighted by Crippen LogP contribution is 2.17. The number of hydrogen-bond donors (Lipinski definition) is 1. The van der Waals surface area contributed by atoms with Gasteiger partial charge in [0.25, 0.3) is 0 Å². The Bertz CT molecular complexity index is 422. The molecule has 1 aromatic carbocycles. The van der Waals surface area contributed by atoms with Crippen molar-refractivity contribution in [2.45, 2.75) is 19.3 Å². The highest BCUT2D eigenvalue weighted by Gasteiger charge is 2.23. The predicted molar refractivity (Wildman–Crippen MR) is 68.5 cm³/mol. The van der Waals surface area contributed by atoms with Crippen molar-refractivity contribution in [2.75, 3.05) is 19.6 Å². The molecule has 1 unspecified atom stereocenters. The number of carbonyl (C=O) groups is 1. The zero-order chi connectivity index (χ0) is 13.0. The van der Waals surface area contributed by atoms with Gasteiger partial charge in [0.15, 0.2) is 0 Å². The lowest BCUT2D eigenvalue weighted by Gasteiger charge is -2.32. The van der Waals surface area contributed by atoms with Crippen LogP contribution in [0.2, 0.25) is 0 Å². The highest BCUT2D eigenvalue weighted by molar-refractivity contribution is 5.78. The van der Waals surface area contributed by atoms with Gasteiger partial charge in [-0.3, -0.25) is 4.79 Å². The fourth-order valence-electron chi connectivity index (χ4n) is 2.40. The number of hydrogen-bond acceptors (Lipinski definition) is 2. The molecule has 1 aromatic rings. The summed E-state index contributed by atoms with van der Waals surface area (Å²) in [6, 6.07) is 6.44.